The number of hydrogen-bond acceptors (Lipinski definition) is 2. The van der Waals surface area contributed by atoms with E-state index in [1.807, 2.05) is 0 Å². The summed E-state index contributed by atoms with van der Waals surface area (Å²) in [6, 6.07) is -0.690. The molecule has 1 aliphatic carbocycles. The standard InChI is InChI=1S/C13H21F3N2O2/c14-13(15,16)10-2-1-3-11(6-10)17-12(20)18-5-4-9(7-18)8-19/h9-11,19H,1-8H2,(H,17,20). The van der Waals surface area contributed by atoms with Crippen LogP contribution in [0.25, 0.3) is 0 Å². The minimum atomic E-state index is -4.17. The van der Waals surface area contributed by atoms with Crippen LogP contribution >= 0.6 is 0 Å². The van der Waals surface area contributed by atoms with Gasteiger partial charge in [0.05, 0.1) is 5.92 Å². The number of alkyl halides is 3. The minimum absolute atomic E-state index is 0.0213. The Balaban J connectivity index is 1.82. The number of nitrogens with one attached hydrogen (secondary N) is 1. The number of aliphatic hydroxyl groups is 1. The Morgan fingerprint density at radius 2 is 2.05 bits per heavy atom. The van der Waals surface area contributed by atoms with E-state index < -0.39 is 18.1 Å². The number of hydrogen-bond donors (Lipinski definition) is 2. The largest absolute Gasteiger partial charge is 0.396 e. The summed E-state index contributed by atoms with van der Waals surface area (Å²) in [7, 11) is 0. The molecule has 0 bridgehead atoms. The summed E-state index contributed by atoms with van der Waals surface area (Å²) in [5, 5.41) is 11.7. The molecule has 116 valence electrons. The predicted octanol–water partition coefficient (Wildman–Crippen LogP) is 2.13. The predicted molar refractivity (Wildman–Crippen MR) is 67.1 cm³/mol. The average Bonchev–Trinajstić information content (AvgIpc) is 2.87. The van der Waals surface area contributed by atoms with Crippen molar-refractivity contribution in [3.63, 3.8) is 0 Å². The Morgan fingerprint density at radius 3 is 2.65 bits per heavy atom. The molecular weight excluding hydrogens is 273 g/mol. The fourth-order valence-corrected chi connectivity index (χ4v) is 3.05. The second kappa shape index (κ2) is 6.20. The molecule has 7 heteroatoms. The lowest BCUT2D eigenvalue weighted by molar-refractivity contribution is -0.183. The number of urea groups is 1. The second-order valence-corrected chi connectivity index (χ2v) is 5.83. The first-order valence-corrected chi connectivity index (χ1v) is 7.13. The molecule has 4 nitrogen and oxygen atoms in total. The zero-order chi connectivity index (χ0) is 14.8. The number of carbonyl (C=O) groups excluding carboxylic acids is 1. The molecule has 1 aliphatic heterocycles. The molecule has 2 N–H and O–H groups in total. The fourth-order valence-electron chi connectivity index (χ4n) is 3.05. The van der Waals surface area contributed by atoms with Crippen molar-refractivity contribution in [3.8, 4) is 0 Å². The SMILES string of the molecule is O=C(NC1CCCC(C(F)(F)F)C1)N1CCC(CO)C1. The molecule has 1 saturated heterocycles. The van der Waals surface area contributed by atoms with Gasteiger partial charge in [-0.3, -0.25) is 0 Å². The van der Waals surface area contributed by atoms with E-state index in [1.165, 1.54) is 0 Å². The number of halogens is 3. The van der Waals surface area contributed by atoms with Crippen LogP contribution in [0.2, 0.25) is 0 Å². The van der Waals surface area contributed by atoms with Gasteiger partial charge in [0.25, 0.3) is 0 Å². The van der Waals surface area contributed by atoms with E-state index in [9.17, 15) is 18.0 Å². The summed E-state index contributed by atoms with van der Waals surface area (Å²) in [5.41, 5.74) is 0. The van der Waals surface area contributed by atoms with Gasteiger partial charge in [0.1, 0.15) is 0 Å². The van der Waals surface area contributed by atoms with Crippen molar-refractivity contribution in [3.05, 3.63) is 0 Å². The maximum Gasteiger partial charge on any atom is 0.391 e. The molecule has 3 unspecified atom stereocenters. The Kier molecular flexibility index (Phi) is 4.78. The monoisotopic (exact) mass is 294 g/mol. The van der Waals surface area contributed by atoms with Gasteiger partial charge in [0.2, 0.25) is 0 Å². The lowest BCUT2D eigenvalue weighted by Gasteiger charge is -2.32. The lowest BCUT2D eigenvalue weighted by atomic mass is 9.85. The zero-order valence-corrected chi connectivity index (χ0v) is 11.3. The Morgan fingerprint density at radius 1 is 1.30 bits per heavy atom. The minimum Gasteiger partial charge on any atom is -0.396 e. The van der Waals surface area contributed by atoms with Crippen LogP contribution in [0.4, 0.5) is 18.0 Å². The maximum absolute atomic E-state index is 12.7. The Hall–Kier alpha value is -0.980. The van der Waals surface area contributed by atoms with E-state index >= 15 is 0 Å². The lowest BCUT2D eigenvalue weighted by Crippen LogP contribution is -2.47. The van der Waals surface area contributed by atoms with E-state index in [0.717, 1.165) is 6.42 Å². The third-order valence-corrected chi connectivity index (χ3v) is 4.30. The van der Waals surface area contributed by atoms with Gasteiger partial charge in [-0.25, -0.2) is 4.79 Å². The number of likely N-dealkylation sites (tertiary alicyclic amines) is 1. The van der Waals surface area contributed by atoms with Crippen LogP contribution in [0.1, 0.15) is 32.1 Å². The van der Waals surface area contributed by atoms with Gasteiger partial charge in [-0.2, -0.15) is 13.2 Å². The fraction of sp³-hybridized carbons (Fsp3) is 0.923. The summed E-state index contributed by atoms with van der Waals surface area (Å²) >= 11 is 0. The van der Waals surface area contributed by atoms with E-state index in [1.54, 1.807) is 4.90 Å². The van der Waals surface area contributed by atoms with Crippen molar-refractivity contribution in [2.75, 3.05) is 19.7 Å². The van der Waals surface area contributed by atoms with Crippen LogP contribution in [0.5, 0.6) is 0 Å². The maximum atomic E-state index is 12.7. The summed E-state index contributed by atoms with van der Waals surface area (Å²) in [4.78, 5) is 13.6. The highest BCUT2D eigenvalue weighted by Gasteiger charge is 2.42. The Bertz CT molecular complexity index is 349. The normalized spacial score (nSPS) is 31.4. The van der Waals surface area contributed by atoms with Gasteiger partial charge < -0.3 is 15.3 Å². The molecule has 2 amide bonds. The molecule has 0 aromatic rings. The van der Waals surface area contributed by atoms with Crippen molar-refractivity contribution in [1.29, 1.82) is 0 Å². The van der Waals surface area contributed by atoms with Gasteiger partial charge in [-0.1, -0.05) is 6.42 Å². The first-order chi connectivity index (χ1) is 9.40. The average molecular weight is 294 g/mol. The highest BCUT2D eigenvalue weighted by Crippen LogP contribution is 2.37. The highest BCUT2D eigenvalue weighted by atomic mass is 19.4. The number of rotatable bonds is 2. The molecule has 0 spiro atoms. The number of carbonyl (C=O) groups is 1. The number of nitrogens with zero attached hydrogens (tertiary/aromatic N) is 1. The topological polar surface area (TPSA) is 52.6 Å². The molecule has 1 saturated carbocycles. The molecule has 3 atom stereocenters. The first kappa shape index (κ1) is 15.4. The quantitative estimate of drug-likeness (QED) is 0.820. The molecule has 2 aliphatic rings. The van der Waals surface area contributed by atoms with Crippen LogP contribution < -0.4 is 5.32 Å². The van der Waals surface area contributed by atoms with E-state index in [0.29, 0.717) is 25.9 Å². The smallest absolute Gasteiger partial charge is 0.391 e. The number of aliphatic hydroxyl groups excluding tert-OH is 1. The van der Waals surface area contributed by atoms with E-state index in [2.05, 4.69) is 5.32 Å². The third kappa shape index (κ3) is 3.77. The molecular formula is C13H21F3N2O2. The molecule has 2 fully saturated rings. The molecule has 2 rings (SSSR count). The molecule has 0 aromatic carbocycles. The Labute approximate surface area is 116 Å². The van der Waals surface area contributed by atoms with Crippen molar-refractivity contribution >= 4 is 6.03 Å². The summed E-state index contributed by atoms with van der Waals surface area (Å²) in [6.45, 7) is 1.09. The van der Waals surface area contributed by atoms with Crippen LogP contribution in [0.3, 0.4) is 0 Å². The summed E-state index contributed by atoms with van der Waals surface area (Å²) in [5.74, 6) is -1.21. The van der Waals surface area contributed by atoms with Crippen LogP contribution in [-0.4, -0.2) is 48.0 Å². The highest BCUT2D eigenvalue weighted by molar-refractivity contribution is 5.74. The summed E-state index contributed by atoms with van der Waals surface area (Å²) < 4.78 is 38.1. The van der Waals surface area contributed by atoms with Crippen LogP contribution in [0, 0.1) is 11.8 Å². The number of amides is 2. The van der Waals surface area contributed by atoms with Crippen molar-refractivity contribution < 1.29 is 23.1 Å². The van der Waals surface area contributed by atoms with Crippen LogP contribution in [-0.2, 0) is 0 Å². The van der Waals surface area contributed by atoms with Gasteiger partial charge in [0.15, 0.2) is 0 Å². The zero-order valence-electron chi connectivity index (χ0n) is 11.3. The third-order valence-electron chi connectivity index (χ3n) is 4.30. The molecule has 0 aromatic heterocycles. The van der Waals surface area contributed by atoms with E-state index in [-0.39, 0.29) is 31.4 Å². The van der Waals surface area contributed by atoms with Crippen molar-refractivity contribution in [2.24, 2.45) is 11.8 Å². The van der Waals surface area contributed by atoms with Gasteiger partial charge in [-0.05, 0) is 25.7 Å². The molecule has 20 heavy (non-hydrogen) atoms. The van der Waals surface area contributed by atoms with Gasteiger partial charge in [-0.15, -0.1) is 0 Å². The van der Waals surface area contributed by atoms with Crippen LogP contribution in [0.15, 0.2) is 0 Å². The van der Waals surface area contributed by atoms with Crippen molar-refractivity contribution in [2.45, 2.75) is 44.3 Å². The molecule has 1 heterocycles. The van der Waals surface area contributed by atoms with Gasteiger partial charge in [0, 0.05) is 31.7 Å². The second-order valence-electron chi connectivity index (χ2n) is 5.83. The molecule has 0 radical (unpaired) electrons. The van der Waals surface area contributed by atoms with Crippen molar-refractivity contribution in [1.82, 2.24) is 10.2 Å². The summed E-state index contributed by atoms with van der Waals surface area (Å²) in [6.07, 6.45) is -2.18. The first-order valence-electron chi connectivity index (χ1n) is 7.13. The van der Waals surface area contributed by atoms with E-state index in [4.69, 9.17) is 5.11 Å². The van der Waals surface area contributed by atoms with Gasteiger partial charge >= 0.3 is 12.2 Å².